The molecule has 1 heterocycles. The lowest BCUT2D eigenvalue weighted by Gasteiger charge is -2.33. The zero-order valence-electron chi connectivity index (χ0n) is 11.7. The van der Waals surface area contributed by atoms with Crippen LogP contribution in [0.2, 0.25) is 0 Å². The first-order valence-electron chi connectivity index (χ1n) is 7.36. The Morgan fingerprint density at radius 1 is 1.29 bits per heavy atom. The average Bonchev–Trinajstić information content (AvgIpc) is 2.90. The summed E-state index contributed by atoms with van der Waals surface area (Å²) in [5.41, 5.74) is 0.494. The summed E-state index contributed by atoms with van der Waals surface area (Å²) in [6.45, 7) is 0.841. The van der Waals surface area contributed by atoms with E-state index in [1.54, 1.807) is 6.07 Å². The van der Waals surface area contributed by atoms with Crippen molar-refractivity contribution in [3.8, 4) is 0 Å². The average molecular weight is 290 g/mol. The minimum absolute atomic E-state index is 0.0374. The molecule has 1 aromatic carbocycles. The predicted octanol–water partition coefficient (Wildman–Crippen LogP) is 3.06. The molecule has 1 aliphatic carbocycles. The maximum absolute atomic E-state index is 11.5. The van der Waals surface area contributed by atoms with Crippen molar-refractivity contribution in [3.05, 3.63) is 33.9 Å². The van der Waals surface area contributed by atoms with E-state index < -0.39 is 10.9 Å². The van der Waals surface area contributed by atoms with Crippen LogP contribution < -0.4 is 4.90 Å². The van der Waals surface area contributed by atoms with E-state index in [0.717, 1.165) is 19.4 Å². The summed E-state index contributed by atoms with van der Waals surface area (Å²) in [7, 11) is 0. The molecule has 1 aromatic rings. The van der Waals surface area contributed by atoms with E-state index in [1.165, 1.54) is 31.4 Å². The second kappa shape index (κ2) is 5.35. The lowest BCUT2D eigenvalue weighted by atomic mass is 9.85. The highest BCUT2D eigenvalue weighted by atomic mass is 16.6. The smallest absolute Gasteiger partial charge is 0.338 e. The Morgan fingerprint density at radius 2 is 2.05 bits per heavy atom. The minimum Gasteiger partial charge on any atom is -0.478 e. The summed E-state index contributed by atoms with van der Waals surface area (Å²) in [6, 6.07) is 4.56. The topological polar surface area (TPSA) is 83.7 Å². The van der Waals surface area contributed by atoms with Gasteiger partial charge in [-0.25, -0.2) is 4.79 Å². The van der Waals surface area contributed by atoms with Crippen molar-refractivity contribution in [2.45, 2.75) is 38.1 Å². The van der Waals surface area contributed by atoms with Crippen LogP contribution in [0.5, 0.6) is 0 Å². The SMILES string of the molecule is O=C(O)c1cc([N+](=O)[O-])ccc1N1CCC2CCCCC21. The lowest BCUT2D eigenvalue weighted by molar-refractivity contribution is -0.384. The van der Waals surface area contributed by atoms with Crippen LogP contribution in [-0.2, 0) is 0 Å². The number of non-ortho nitro benzene ring substituents is 1. The number of hydrogen-bond acceptors (Lipinski definition) is 4. The van der Waals surface area contributed by atoms with Crippen LogP contribution in [0.15, 0.2) is 18.2 Å². The Morgan fingerprint density at radius 3 is 2.76 bits per heavy atom. The number of nitrogens with zero attached hydrogens (tertiary/aromatic N) is 2. The molecule has 6 heteroatoms. The van der Waals surface area contributed by atoms with Gasteiger partial charge in [0.25, 0.3) is 5.69 Å². The van der Waals surface area contributed by atoms with Gasteiger partial charge in [0.1, 0.15) is 0 Å². The number of fused-ring (bicyclic) bond motifs is 1. The molecule has 2 aliphatic rings. The van der Waals surface area contributed by atoms with E-state index in [4.69, 9.17) is 0 Å². The van der Waals surface area contributed by atoms with Crippen molar-refractivity contribution in [1.29, 1.82) is 0 Å². The summed E-state index contributed by atoms with van der Waals surface area (Å²) in [5.74, 6) is -0.469. The van der Waals surface area contributed by atoms with Crippen molar-refractivity contribution in [2.24, 2.45) is 5.92 Å². The van der Waals surface area contributed by atoms with Gasteiger partial charge in [0.15, 0.2) is 0 Å². The predicted molar refractivity (Wildman–Crippen MR) is 77.8 cm³/mol. The number of anilines is 1. The largest absolute Gasteiger partial charge is 0.478 e. The molecule has 112 valence electrons. The Bertz CT molecular complexity index is 587. The van der Waals surface area contributed by atoms with Crippen LogP contribution in [0.1, 0.15) is 42.5 Å². The highest BCUT2D eigenvalue weighted by molar-refractivity contribution is 5.95. The van der Waals surface area contributed by atoms with Crippen molar-refractivity contribution in [1.82, 2.24) is 0 Å². The first-order chi connectivity index (χ1) is 10.1. The molecule has 0 radical (unpaired) electrons. The maximum atomic E-state index is 11.5. The van der Waals surface area contributed by atoms with Gasteiger partial charge in [0.2, 0.25) is 0 Å². The highest BCUT2D eigenvalue weighted by Crippen LogP contribution is 2.40. The van der Waals surface area contributed by atoms with Crippen molar-refractivity contribution >= 4 is 17.3 Å². The number of rotatable bonds is 3. The van der Waals surface area contributed by atoms with Crippen LogP contribution >= 0.6 is 0 Å². The molecule has 0 aromatic heterocycles. The van der Waals surface area contributed by atoms with Crippen molar-refractivity contribution in [3.63, 3.8) is 0 Å². The van der Waals surface area contributed by atoms with Gasteiger partial charge >= 0.3 is 5.97 Å². The molecule has 2 unspecified atom stereocenters. The number of aromatic carboxylic acids is 1. The number of nitro benzene ring substituents is 1. The molecule has 21 heavy (non-hydrogen) atoms. The van der Waals surface area contributed by atoms with Gasteiger partial charge < -0.3 is 10.0 Å². The van der Waals surface area contributed by atoms with E-state index in [0.29, 0.717) is 17.6 Å². The second-order valence-electron chi connectivity index (χ2n) is 5.86. The number of benzene rings is 1. The van der Waals surface area contributed by atoms with Crippen LogP contribution in [0.3, 0.4) is 0 Å². The molecule has 6 nitrogen and oxygen atoms in total. The number of carbonyl (C=O) groups is 1. The van der Waals surface area contributed by atoms with Gasteiger partial charge in [0.05, 0.1) is 16.2 Å². The summed E-state index contributed by atoms with van der Waals surface area (Å²) in [6.07, 6.45) is 5.80. The molecule has 1 saturated heterocycles. The van der Waals surface area contributed by atoms with Crippen LogP contribution in [0.25, 0.3) is 0 Å². The minimum atomic E-state index is -1.10. The maximum Gasteiger partial charge on any atom is 0.338 e. The van der Waals surface area contributed by atoms with Crippen molar-refractivity contribution in [2.75, 3.05) is 11.4 Å². The summed E-state index contributed by atoms with van der Waals surface area (Å²) < 4.78 is 0. The fraction of sp³-hybridized carbons (Fsp3) is 0.533. The first kappa shape index (κ1) is 13.9. The lowest BCUT2D eigenvalue weighted by Crippen LogP contribution is -2.35. The molecule has 1 N–H and O–H groups in total. The number of hydrogen-bond donors (Lipinski definition) is 1. The summed E-state index contributed by atoms with van der Waals surface area (Å²) >= 11 is 0. The van der Waals surface area contributed by atoms with Crippen molar-refractivity contribution < 1.29 is 14.8 Å². The number of carboxylic acid groups (broad SMARTS) is 1. The van der Waals surface area contributed by atoms with Gasteiger partial charge in [-0.1, -0.05) is 12.8 Å². The Labute approximate surface area is 122 Å². The third-order valence-electron chi connectivity index (χ3n) is 4.74. The molecular formula is C15H18N2O4. The van der Waals surface area contributed by atoms with Gasteiger partial charge in [-0.15, -0.1) is 0 Å². The molecule has 0 spiro atoms. The van der Waals surface area contributed by atoms with Gasteiger partial charge in [0, 0.05) is 24.7 Å². The van der Waals surface area contributed by atoms with E-state index in [2.05, 4.69) is 4.90 Å². The second-order valence-corrected chi connectivity index (χ2v) is 5.86. The van der Waals surface area contributed by atoms with E-state index in [9.17, 15) is 20.0 Å². The Balaban J connectivity index is 1.98. The van der Waals surface area contributed by atoms with Gasteiger partial charge in [-0.3, -0.25) is 10.1 Å². The summed E-state index contributed by atoms with van der Waals surface area (Å²) in [4.78, 5) is 23.9. The Hall–Kier alpha value is -2.11. The zero-order valence-corrected chi connectivity index (χ0v) is 11.7. The number of nitro groups is 1. The first-order valence-corrected chi connectivity index (χ1v) is 7.36. The molecular weight excluding hydrogens is 272 g/mol. The highest BCUT2D eigenvalue weighted by Gasteiger charge is 2.37. The van der Waals surface area contributed by atoms with Crippen LogP contribution in [-0.4, -0.2) is 28.6 Å². The van der Waals surface area contributed by atoms with E-state index >= 15 is 0 Å². The fourth-order valence-corrected chi connectivity index (χ4v) is 3.76. The van der Waals surface area contributed by atoms with E-state index in [-0.39, 0.29) is 11.3 Å². The van der Waals surface area contributed by atoms with Crippen LogP contribution in [0.4, 0.5) is 11.4 Å². The molecule has 0 bridgehead atoms. The summed E-state index contributed by atoms with van der Waals surface area (Å²) in [5, 5.41) is 20.2. The van der Waals surface area contributed by atoms with Gasteiger partial charge in [-0.2, -0.15) is 0 Å². The molecule has 1 aliphatic heterocycles. The molecule has 3 rings (SSSR count). The monoisotopic (exact) mass is 290 g/mol. The van der Waals surface area contributed by atoms with E-state index in [1.807, 2.05) is 0 Å². The standard InChI is InChI=1S/C15H18N2O4/c18-15(19)12-9-11(17(20)21)5-6-14(12)16-8-7-10-3-1-2-4-13(10)16/h5-6,9-10,13H,1-4,7-8H2,(H,18,19). The zero-order chi connectivity index (χ0) is 15.0. The molecule has 0 amide bonds. The van der Waals surface area contributed by atoms with Crippen LogP contribution in [0, 0.1) is 16.0 Å². The third kappa shape index (κ3) is 2.46. The Kier molecular flexibility index (Phi) is 3.53. The normalized spacial score (nSPS) is 24.7. The molecule has 1 saturated carbocycles. The third-order valence-corrected chi connectivity index (χ3v) is 4.74. The fourth-order valence-electron chi connectivity index (χ4n) is 3.76. The number of carboxylic acids is 1. The van der Waals surface area contributed by atoms with Gasteiger partial charge in [-0.05, 0) is 31.2 Å². The quantitative estimate of drug-likeness (QED) is 0.683. The molecule has 2 fully saturated rings. The molecule has 2 atom stereocenters.